The molecule has 0 amide bonds. The van der Waals surface area contributed by atoms with Crippen molar-refractivity contribution in [3.05, 3.63) is 43.0 Å². The summed E-state index contributed by atoms with van der Waals surface area (Å²) in [6, 6.07) is 9.41. The van der Waals surface area contributed by atoms with Crippen LogP contribution in [0.2, 0.25) is 0 Å². The van der Waals surface area contributed by atoms with Gasteiger partial charge in [-0.3, -0.25) is 0 Å². The monoisotopic (exact) mass is 210 g/mol. The maximum Gasteiger partial charge on any atom is 0.327 e. The third kappa shape index (κ3) is 8.52. The molecule has 0 aliphatic rings. The average molecular weight is 210 g/mol. The molecule has 1 rings (SSSR count). The molecule has 0 unspecified atom stereocenters. The van der Waals surface area contributed by atoms with Crippen LogP contribution in [-0.2, 0) is 9.68 Å². The van der Waals surface area contributed by atoms with Crippen LogP contribution >= 0.6 is 0 Å². The van der Waals surface area contributed by atoms with E-state index in [9.17, 15) is 4.79 Å². The number of hydrogen-bond acceptors (Lipinski definition) is 3. The Hall–Kier alpha value is -1.81. The molecule has 0 aliphatic carbocycles. The highest BCUT2D eigenvalue weighted by Gasteiger charge is 1.87. The first-order valence-electron chi connectivity index (χ1n) is 4.40. The molecule has 1 N–H and O–H groups in total. The Morgan fingerprint density at radius 1 is 1.47 bits per heavy atom. The topological polar surface area (TPSA) is 55.8 Å². The molecule has 1 aromatic rings. The summed E-state index contributed by atoms with van der Waals surface area (Å²) >= 11 is 0. The second-order valence-electron chi connectivity index (χ2n) is 2.35. The van der Waals surface area contributed by atoms with Crippen molar-refractivity contribution in [1.82, 2.24) is 0 Å². The van der Waals surface area contributed by atoms with Crippen LogP contribution in [0.4, 0.5) is 0 Å². The number of benzene rings is 1. The molecule has 82 valence electrons. The van der Waals surface area contributed by atoms with E-state index in [1.54, 1.807) is 0 Å². The molecule has 0 saturated heterocycles. The number of rotatable bonds is 4. The van der Waals surface area contributed by atoms with E-state index in [-0.39, 0.29) is 0 Å². The van der Waals surface area contributed by atoms with Crippen LogP contribution in [0, 0.1) is 0 Å². The van der Waals surface area contributed by atoms with E-state index in [4.69, 9.17) is 14.9 Å². The van der Waals surface area contributed by atoms with Crippen LogP contribution in [0.3, 0.4) is 0 Å². The lowest BCUT2D eigenvalue weighted by Crippen LogP contribution is -1.94. The van der Waals surface area contributed by atoms with Crippen LogP contribution in [-0.4, -0.2) is 17.7 Å². The predicted octanol–water partition coefficient (Wildman–Crippen LogP) is 2.27. The molecule has 0 radical (unpaired) electrons. The summed E-state index contributed by atoms with van der Waals surface area (Å²) in [6.45, 7) is 5.40. The summed E-state index contributed by atoms with van der Waals surface area (Å²) < 4.78 is 0. The summed E-state index contributed by atoms with van der Waals surface area (Å²) in [5.41, 5.74) is 0. The van der Waals surface area contributed by atoms with E-state index in [0.717, 1.165) is 11.8 Å². The van der Waals surface area contributed by atoms with Crippen molar-refractivity contribution in [2.45, 2.75) is 6.92 Å². The van der Waals surface area contributed by atoms with Gasteiger partial charge in [0, 0.05) is 6.08 Å². The lowest BCUT2D eigenvalue weighted by Gasteiger charge is -2.00. The van der Waals surface area contributed by atoms with Crippen LogP contribution < -0.4 is 4.89 Å². The van der Waals surface area contributed by atoms with Crippen LogP contribution in [0.25, 0.3) is 0 Å². The average Bonchev–Trinajstić information content (AvgIpc) is 2.28. The van der Waals surface area contributed by atoms with Crippen molar-refractivity contribution in [2.24, 2.45) is 0 Å². The summed E-state index contributed by atoms with van der Waals surface area (Å²) in [5.74, 6) is -0.241. The molecular formula is C11H14O4. The molecule has 0 heterocycles. The maximum atomic E-state index is 9.25. The molecule has 0 fully saturated rings. The summed E-state index contributed by atoms with van der Waals surface area (Å²) in [7, 11) is 0. The van der Waals surface area contributed by atoms with Crippen molar-refractivity contribution in [2.75, 3.05) is 6.61 Å². The van der Waals surface area contributed by atoms with Crippen LogP contribution in [0.5, 0.6) is 5.75 Å². The minimum Gasteiger partial charge on any atom is -0.478 e. The van der Waals surface area contributed by atoms with E-state index in [0.29, 0.717) is 6.61 Å². The summed E-state index contributed by atoms with van der Waals surface area (Å²) in [4.78, 5) is 18.8. The van der Waals surface area contributed by atoms with E-state index >= 15 is 0 Å². The van der Waals surface area contributed by atoms with Gasteiger partial charge < -0.3 is 9.99 Å². The zero-order valence-electron chi connectivity index (χ0n) is 8.55. The minimum atomic E-state index is -0.981. The molecule has 1 aromatic carbocycles. The van der Waals surface area contributed by atoms with Crippen LogP contribution in [0.1, 0.15) is 6.92 Å². The van der Waals surface area contributed by atoms with E-state index in [1.807, 2.05) is 37.3 Å². The summed E-state index contributed by atoms with van der Waals surface area (Å²) in [6.07, 6.45) is 0.833. The first kappa shape index (κ1) is 13.2. The number of carboxylic acid groups (broad SMARTS) is 1. The second-order valence-corrected chi connectivity index (χ2v) is 2.35. The zero-order chi connectivity index (χ0) is 11.5. The van der Waals surface area contributed by atoms with Crippen molar-refractivity contribution < 1.29 is 19.7 Å². The van der Waals surface area contributed by atoms with Gasteiger partial charge in [0.15, 0.2) is 5.75 Å². The van der Waals surface area contributed by atoms with Gasteiger partial charge in [0.25, 0.3) is 0 Å². The largest absolute Gasteiger partial charge is 0.478 e. The minimum absolute atomic E-state index is 0.564. The molecule has 4 heteroatoms. The Morgan fingerprint density at radius 3 is 2.40 bits per heavy atom. The highest BCUT2D eigenvalue weighted by Crippen LogP contribution is 2.07. The number of carbonyl (C=O) groups is 1. The smallest absolute Gasteiger partial charge is 0.327 e. The second kappa shape index (κ2) is 8.77. The molecule has 0 bridgehead atoms. The SMILES string of the molecule is C=CC(=O)O.CCOOc1ccccc1. The van der Waals surface area contributed by atoms with Gasteiger partial charge in [0.2, 0.25) is 0 Å². The molecule has 15 heavy (non-hydrogen) atoms. The maximum absolute atomic E-state index is 9.25. The molecule has 4 nitrogen and oxygen atoms in total. The van der Waals surface area contributed by atoms with Crippen molar-refractivity contribution in [3.8, 4) is 5.75 Å². The molecule has 0 spiro atoms. The summed E-state index contributed by atoms with van der Waals surface area (Å²) in [5, 5.41) is 7.60. The van der Waals surface area contributed by atoms with Gasteiger partial charge in [-0.2, -0.15) is 4.89 Å². The number of aliphatic carboxylic acids is 1. The standard InChI is InChI=1S/C8H10O2.C3H4O2/c1-2-9-10-8-6-4-3-5-7-8;1-2-3(4)5/h3-7H,2H2,1H3;2H,1H2,(H,4,5). The fourth-order valence-electron chi connectivity index (χ4n) is 0.603. The third-order valence-electron chi connectivity index (χ3n) is 1.19. The first-order valence-corrected chi connectivity index (χ1v) is 4.40. The van der Waals surface area contributed by atoms with E-state index < -0.39 is 5.97 Å². The van der Waals surface area contributed by atoms with Crippen molar-refractivity contribution in [1.29, 1.82) is 0 Å². The third-order valence-corrected chi connectivity index (χ3v) is 1.19. The Kier molecular flexibility index (Phi) is 7.71. The lowest BCUT2D eigenvalue weighted by molar-refractivity contribution is -0.202. The Labute approximate surface area is 88.7 Å². The fourth-order valence-corrected chi connectivity index (χ4v) is 0.603. The van der Waals surface area contributed by atoms with Gasteiger partial charge in [0.05, 0.1) is 6.61 Å². The number of carboxylic acids is 1. The highest BCUT2D eigenvalue weighted by molar-refractivity contribution is 5.78. The van der Waals surface area contributed by atoms with Gasteiger partial charge in [-0.15, -0.1) is 0 Å². The van der Waals surface area contributed by atoms with Gasteiger partial charge in [-0.25, -0.2) is 4.79 Å². The Bertz CT molecular complexity index is 282. The highest BCUT2D eigenvalue weighted by atomic mass is 17.2. The van der Waals surface area contributed by atoms with E-state index in [2.05, 4.69) is 6.58 Å². The Morgan fingerprint density at radius 2 is 2.00 bits per heavy atom. The molecule has 0 aromatic heterocycles. The van der Waals surface area contributed by atoms with Gasteiger partial charge in [-0.05, 0) is 19.1 Å². The number of hydrogen-bond donors (Lipinski definition) is 1. The van der Waals surface area contributed by atoms with Crippen molar-refractivity contribution >= 4 is 5.97 Å². The fraction of sp³-hybridized carbons (Fsp3) is 0.182. The predicted molar refractivity (Wildman–Crippen MR) is 56.5 cm³/mol. The van der Waals surface area contributed by atoms with Gasteiger partial charge in [0.1, 0.15) is 0 Å². The zero-order valence-corrected chi connectivity index (χ0v) is 8.55. The number of para-hydroxylation sites is 1. The molecule has 0 aliphatic heterocycles. The van der Waals surface area contributed by atoms with Gasteiger partial charge in [-0.1, -0.05) is 24.8 Å². The van der Waals surface area contributed by atoms with Gasteiger partial charge >= 0.3 is 5.97 Å². The van der Waals surface area contributed by atoms with Crippen molar-refractivity contribution in [3.63, 3.8) is 0 Å². The molecule has 0 atom stereocenters. The normalized spacial score (nSPS) is 8.33. The molecule has 0 saturated carbocycles. The Balaban J connectivity index is 0.000000336. The van der Waals surface area contributed by atoms with Crippen LogP contribution in [0.15, 0.2) is 43.0 Å². The quantitative estimate of drug-likeness (QED) is 0.470. The van der Waals surface area contributed by atoms with E-state index in [1.165, 1.54) is 0 Å². The lowest BCUT2D eigenvalue weighted by atomic mass is 10.3. The molecular weight excluding hydrogens is 196 g/mol. The first-order chi connectivity index (χ1) is 7.20.